The molecule has 0 rings (SSSR count). The quantitative estimate of drug-likeness (QED) is 0.438. The molecule has 21 heavy (non-hydrogen) atoms. The second-order valence-corrected chi connectivity index (χ2v) is 8.41. The summed E-state index contributed by atoms with van der Waals surface area (Å²) in [6.07, 6.45) is 10.8. The molecule has 3 unspecified atom stereocenters. The molecule has 0 fully saturated rings. The second kappa shape index (κ2) is 11.5. The Kier molecular flexibility index (Phi) is 11.5. The van der Waals surface area contributed by atoms with Crippen molar-refractivity contribution in [1.29, 1.82) is 0 Å². The molecule has 1 N–H and O–H groups in total. The molecule has 0 aliphatic heterocycles. The monoisotopic (exact) mass is 297 g/mol. The van der Waals surface area contributed by atoms with Gasteiger partial charge in [-0.1, -0.05) is 74.1 Å². The highest BCUT2D eigenvalue weighted by molar-refractivity contribution is 4.76. The first-order valence-corrected chi connectivity index (χ1v) is 9.55. The van der Waals surface area contributed by atoms with E-state index in [0.717, 1.165) is 17.9 Å². The molecule has 1 heteroatoms. The van der Waals surface area contributed by atoms with Crippen LogP contribution in [0.25, 0.3) is 0 Å². The maximum absolute atomic E-state index is 3.83. The molecule has 0 aromatic rings. The highest BCUT2D eigenvalue weighted by atomic mass is 14.9. The average Bonchev–Trinajstić information content (AvgIpc) is 2.38. The summed E-state index contributed by atoms with van der Waals surface area (Å²) in [6.45, 7) is 17.7. The third kappa shape index (κ3) is 12.2. The van der Waals surface area contributed by atoms with Gasteiger partial charge < -0.3 is 5.32 Å². The Labute approximate surface area is 135 Å². The van der Waals surface area contributed by atoms with Crippen molar-refractivity contribution in [1.82, 2.24) is 5.32 Å². The van der Waals surface area contributed by atoms with Crippen LogP contribution in [0.4, 0.5) is 0 Å². The molecule has 0 saturated heterocycles. The summed E-state index contributed by atoms with van der Waals surface area (Å²) in [7, 11) is 0. The summed E-state index contributed by atoms with van der Waals surface area (Å²) in [6, 6.07) is 0.726. The van der Waals surface area contributed by atoms with Gasteiger partial charge in [-0.05, 0) is 49.5 Å². The Morgan fingerprint density at radius 1 is 0.952 bits per heavy atom. The summed E-state index contributed by atoms with van der Waals surface area (Å²) in [5, 5.41) is 3.83. The highest BCUT2D eigenvalue weighted by Crippen LogP contribution is 2.29. The van der Waals surface area contributed by atoms with E-state index in [2.05, 4.69) is 53.8 Å². The molecular formula is C20H43N. The number of nitrogens with one attached hydrogen (secondary N) is 1. The molecule has 0 aliphatic rings. The summed E-state index contributed by atoms with van der Waals surface area (Å²) in [5.41, 5.74) is 0.459. The zero-order valence-electron chi connectivity index (χ0n) is 16.1. The molecule has 0 aliphatic carbocycles. The van der Waals surface area contributed by atoms with Crippen LogP contribution >= 0.6 is 0 Å². The van der Waals surface area contributed by atoms with Gasteiger partial charge in [0.15, 0.2) is 0 Å². The van der Waals surface area contributed by atoms with E-state index in [4.69, 9.17) is 0 Å². The van der Waals surface area contributed by atoms with Gasteiger partial charge in [-0.25, -0.2) is 0 Å². The van der Waals surface area contributed by atoms with Crippen LogP contribution < -0.4 is 5.32 Å². The highest BCUT2D eigenvalue weighted by Gasteiger charge is 2.21. The standard InChI is InChI=1S/C20H43N/c1-8-11-12-18(10-3)15-19(21-13-9-2)14-17(4)16-20(5,6)7/h17-19,21H,8-16H2,1-7H3. The molecule has 0 aromatic carbocycles. The Morgan fingerprint density at radius 3 is 2.10 bits per heavy atom. The fourth-order valence-electron chi connectivity index (χ4n) is 3.61. The van der Waals surface area contributed by atoms with E-state index < -0.39 is 0 Å². The fourth-order valence-corrected chi connectivity index (χ4v) is 3.61. The van der Waals surface area contributed by atoms with Crippen LogP contribution in [0.3, 0.4) is 0 Å². The van der Waals surface area contributed by atoms with Crippen molar-refractivity contribution in [3.05, 3.63) is 0 Å². The zero-order chi connectivity index (χ0) is 16.3. The minimum Gasteiger partial charge on any atom is -0.314 e. The van der Waals surface area contributed by atoms with Gasteiger partial charge in [-0.2, -0.15) is 0 Å². The average molecular weight is 298 g/mol. The lowest BCUT2D eigenvalue weighted by Gasteiger charge is -2.29. The molecule has 0 aromatic heterocycles. The Hall–Kier alpha value is -0.0400. The van der Waals surface area contributed by atoms with Gasteiger partial charge >= 0.3 is 0 Å². The van der Waals surface area contributed by atoms with E-state index in [1.807, 2.05) is 0 Å². The molecular weight excluding hydrogens is 254 g/mol. The summed E-state index contributed by atoms with van der Waals surface area (Å²) in [5.74, 6) is 1.74. The van der Waals surface area contributed by atoms with Crippen molar-refractivity contribution >= 4 is 0 Å². The maximum atomic E-state index is 3.83. The molecule has 0 radical (unpaired) electrons. The lowest BCUT2D eigenvalue weighted by molar-refractivity contribution is 0.253. The van der Waals surface area contributed by atoms with Gasteiger partial charge in [0.1, 0.15) is 0 Å². The first kappa shape index (κ1) is 21.0. The molecule has 0 spiro atoms. The van der Waals surface area contributed by atoms with Gasteiger partial charge in [-0.15, -0.1) is 0 Å². The van der Waals surface area contributed by atoms with Crippen LogP contribution in [0.15, 0.2) is 0 Å². The van der Waals surface area contributed by atoms with Crippen LogP contribution in [0.1, 0.15) is 99.8 Å². The molecule has 1 nitrogen and oxygen atoms in total. The Bertz CT molecular complexity index is 228. The van der Waals surface area contributed by atoms with Crippen LogP contribution in [0.2, 0.25) is 0 Å². The SMILES string of the molecule is CCCCC(CC)CC(CC(C)CC(C)(C)C)NCCC. The van der Waals surface area contributed by atoms with Gasteiger partial charge in [-0.3, -0.25) is 0 Å². The van der Waals surface area contributed by atoms with E-state index >= 15 is 0 Å². The fraction of sp³-hybridized carbons (Fsp3) is 1.00. The van der Waals surface area contributed by atoms with Crippen molar-refractivity contribution in [2.45, 2.75) is 106 Å². The lowest BCUT2D eigenvalue weighted by Crippen LogP contribution is -2.34. The van der Waals surface area contributed by atoms with Crippen LogP contribution in [-0.4, -0.2) is 12.6 Å². The van der Waals surface area contributed by atoms with Crippen molar-refractivity contribution in [3.63, 3.8) is 0 Å². The van der Waals surface area contributed by atoms with Gasteiger partial charge in [0.2, 0.25) is 0 Å². The minimum atomic E-state index is 0.459. The predicted octanol–water partition coefficient (Wildman–Crippen LogP) is 6.42. The maximum Gasteiger partial charge on any atom is 0.00722 e. The van der Waals surface area contributed by atoms with E-state index in [-0.39, 0.29) is 0 Å². The molecule has 0 bridgehead atoms. The topological polar surface area (TPSA) is 12.0 Å². The van der Waals surface area contributed by atoms with Gasteiger partial charge in [0, 0.05) is 6.04 Å². The third-order valence-corrected chi connectivity index (χ3v) is 4.49. The van der Waals surface area contributed by atoms with Crippen LogP contribution in [0.5, 0.6) is 0 Å². The van der Waals surface area contributed by atoms with Crippen molar-refractivity contribution in [3.8, 4) is 0 Å². The predicted molar refractivity (Wildman–Crippen MR) is 97.9 cm³/mol. The molecule has 3 atom stereocenters. The summed E-state index contributed by atoms with van der Waals surface area (Å²) >= 11 is 0. The zero-order valence-corrected chi connectivity index (χ0v) is 16.1. The van der Waals surface area contributed by atoms with Crippen molar-refractivity contribution < 1.29 is 0 Å². The van der Waals surface area contributed by atoms with Crippen LogP contribution in [-0.2, 0) is 0 Å². The number of unbranched alkanes of at least 4 members (excludes halogenated alkanes) is 1. The third-order valence-electron chi connectivity index (χ3n) is 4.49. The Morgan fingerprint density at radius 2 is 1.62 bits per heavy atom. The van der Waals surface area contributed by atoms with Gasteiger partial charge in [0.05, 0.1) is 0 Å². The molecule has 0 saturated carbocycles. The number of rotatable bonds is 12. The van der Waals surface area contributed by atoms with Crippen molar-refractivity contribution in [2.24, 2.45) is 17.3 Å². The van der Waals surface area contributed by atoms with E-state index in [0.29, 0.717) is 5.41 Å². The Balaban J connectivity index is 4.41. The first-order chi connectivity index (χ1) is 9.82. The lowest BCUT2D eigenvalue weighted by atomic mass is 9.81. The molecule has 0 amide bonds. The molecule has 128 valence electrons. The van der Waals surface area contributed by atoms with Crippen LogP contribution in [0, 0.1) is 17.3 Å². The minimum absolute atomic E-state index is 0.459. The summed E-state index contributed by atoms with van der Waals surface area (Å²) < 4.78 is 0. The van der Waals surface area contributed by atoms with E-state index in [1.54, 1.807) is 0 Å². The summed E-state index contributed by atoms with van der Waals surface area (Å²) in [4.78, 5) is 0. The number of hydrogen-bond acceptors (Lipinski definition) is 1. The molecule has 0 heterocycles. The van der Waals surface area contributed by atoms with E-state index in [9.17, 15) is 0 Å². The van der Waals surface area contributed by atoms with Crippen molar-refractivity contribution in [2.75, 3.05) is 6.54 Å². The largest absolute Gasteiger partial charge is 0.314 e. The number of hydrogen-bond donors (Lipinski definition) is 1. The van der Waals surface area contributed by atoms with E-state index in [1.165, 1.54) is 57.9 Å². The van der Waals surface area contributed by atoms with Gasteiger partial charge in [0.25, 0.3) is 0 Å². The first-order valence-electron chi connectivity index (χ1n) is 9.55. The smallest absolute Gasteiger partial charge is 0.00722 e. The normalized spacial score (nSPS) is 16.7. The second-order valence-electron chi connectivity index (χ2n) is 8.41.